The minimum atomic E-state index is -4.39. The molecule has 324 valence electrons. The Morgan fingerprint density at radius 1 is 0.778 bits per heavy atom. The Kier molecular flexibility index (Phi) is 13.5. The predicted octanol–water partition coefficient (Wildman–Crippen LogP) is 9.69. The van der Waals surface area contributed by atoms with Crippen LogP contribution in [-0.4, -0.2) is 54.7 Å². The average Bonchev–Trinajstić information content (AvgIpc) is 3.61. The van der Waals surface area contributed by atoms with Crippen LogP contribution in [0.2, 0.25) is 0 Å². The molecule has 0 spiro atoms. The van der Waals surface area contributed by atoms with Crippen LogP contribution >= 0.6 is 0 Å². The van der Waals surface area contributed by atoms with E-state index >= 15 is 0 Å². The first-order valence-corrected chi connectivity index (χ1v) is 23.3. The Hall–Kier alpha value is -6.28. The first-order valence-electron chi connectivity index (χ1n) is 21.8. The summed E-state index contributed by atoms with van der Waals surface area (Å²) in [7, 11) is -4.39. The van der Waals surface area contributed by atoms with Crippen LogP contribution in [0.4, 0.5) is 17.1 Å². The van der Waals surface area contributed by atoms with Crippen LogP contribution in [0, 0.1) is 11.8 Å². The number of anilines is 2. The molecule has 7 rings (SSSR count). The Morgan fingerprint density at radius 2 is 1.46 bits per heavy atom. The molecule has 4 aromatic carbocycles. The molecule has 0 unspecified atom stereocenters. The molecule has 0 saturated heterocycles. The van der Waals surface area contributed by atoms with Crippen molar-refractivity contribution in [2.75, 3.05) is 29.4 Å². The summed E-state index contributed by atoms with van der Waals surface area (Å²) in [4.78, 5) is 30.5. The van der Waals surface area contributed by atoms with Gasteiger partial charge in [0.05, 0.1) is 22.5 Å². The summed E-state index contributed by atoms with van der Waals surface area (Å²) in [5.41, 5.74) is 9.36. The quantitative estimate of drug-likeness (QED) is 0.0405. The number of benzene rings is 4. The summed E-state index contributed by atoms with van der Waals surface area (Å²) in [6, 6.07) is 28.9. The van der Waals surface area contributed by atoms with Crippen molar-refractivity contribution in [1.29, 1.82) is 0 Å². The van der Waals surface area contributed by atoms with Gasteiger partial charge >= 0.3 is 0 Å². The lowest BCUT2D eigenvalue weighted by Gasteiger charge is -2.26. The average molecular weight is 862 g/mol. The molecule has 0 aliphatic carbocycles. The number of hydrogen-bond donors (Lipinski definition) is 2. The molecule has 9 nitrogen and oxygen atoms in total. The summed E-state index contributed by atoms with van der Waals surface area (Å²) in [6.07, 6.45) is 17.1. The van der Waals surface area contributed by atoms with E-state index in [4.69, 9.17) is 0 Å². The number of unbranched alkanes of at least 4 members (excludes halogenated alkanes) is 2. The number of likely N-dealkylation sites (N-methyl/N-ethyl adjacent to an activating group) is 1. The zero-order chi connectivity index (χ0) is 44.8. The Bertz CT molecular complexity index is 2750. The summed E-state index contributed by atoms with van der Waals surface area (Å²) < 4.78 is 36.4. The molecule has 0 aromatic heterocycles. The SMILES string of the molecule is CCN1C(=CC=CC=CC=CC2=[N+](CCCCCC(=O)NCCC(=O)N3Cc4ccccc4C#Cc4ccccc43)c3ccc(S(=O)(=O)O)cc3C2(C)C)C(C)(C)c2ccccc21. The van der Waals surface area contributed by atoms with Crippen LogP contribution in [0.25, 0.3) is 0 Å². The number of amides is 2. The maximum atomic E-state index is 13.6. The topological polar surface area (TPSA) is 110 Å². The normalized spacial score (nSPS) is 16.8. The second-order valence-electron chi connectivity index (χ2n) is 17.2. The van der Waals surface area contributed by atoms with Gasteiger partial charge in [-0.15, -0.1) is 0 Å². The fourth-order valence-electron chi connectivity index (χ4n) is 9.00. The van der Waals surface area contributed by atoms with Crippen LogP contribution in [0.15, 0.2) is 144 Å². The van der Waals surface area contributed by atoms with Crippen molar-refractivity contribution in [3.05, 3.63) is 167 Å². The van der Waals surface area contributed by atoms with E-state index in [0.717, 1.165) is 58.7 Å². The number of carbonyl (C=O) groups is 2. The van der Waals surface area contributed by atoms with Crippen molar-refractivity contribution in [2.45, 2.75) is 89.0 Å². The molecule has 0 radical (unpaired) electrons. The minimum absolute atomic E-state index is 0.0806. The molecule has 0 atom stereocenters. The Balaban J connectivity index is 0.955. The Morgan fingerprint density at radius 3 is 2.24 bits per heavy atom. The molecular weight excluding hydrogens is 805 g/mol. The van der Waals surface area contributed by atoms with Crippen LogP contribution in [0.5, 0.6) is 0 Å². The van der Waals surface area contributed by atoms with Gasteiger partial charge in [-0.1, -0.05) is 105 Å². The largest absolute Gasteiger partial charge is 0.356 e. The number of para-hydroxylation sites is 2. The van der Waals surface area contributed by atoms with Gasteiger partial charge in [-0.3, -0.25) is 14.1 Å². The third-order valence-electron chi connectivity index (χ3n) is 12.3. The van der Waals surface area contributed by atoms with Crippen molar-refractivity contribution in [3.63, 3.8) is 0 Å². The monoisotopic (exact) mass is 861 g/mol. The molecule has 3 aliphatic heterocycles. The zero-order valence-electron chi connectivity index (χ0n) is 36.9. The summed E-state index contributed by atoms with van der Waals surface area (Å²) in [5, 5.41) is 2.95. The van der Waals surface area contributed by atoms with Gasteiger partial charge in [-0.25, -0.2) is 0 Å². The minimum Gasteiger partial charge on any atom is -0.356 e. The van der Waals surface area contributed by atoms with Gasteiger partial charge < -0.3 is 15.1 Å². The van der Waals surface area contributed by atoms with E-state index in [-0.39, 0.29) is 35.1 Å². The third kappa shape index (κ3) is 9.70. The van der Waals surface area contributed by atoms with Gasteiger partial charge in [0.2, 0.25) is 17.5 Å². The van der Waals surface area contributed by atoms with Crippen molar-refractivity contribution in [2.24, 2.45) is 0 Å². The number of allylic oxidation sites excluding steroid dienone is 8. The lowest BCUT2D eigenvalue weighted by Crippen LogP contribution is -2.35. The molecule has 3 aliphatic rings. The van der Waals surface area contributed by atoms with E-state index in [9.17, 15) is 22.6 Å². The zero-order valence-corrected chi connectivity index (χ0v) is 37.7. The molecular formula is C53H57N4O5S+. The van der Waals surface area contributed by atoms with Gasteiger partial charge in [-0.05, 0) is 87.2 Å². The molecule has 2 N–H and O–H groups in total. The second-order valence-corrected chi connectivity index (χ2v) is 18.6. The molecule has 4 aromatic rings. The van der Waals surface area contributed by atoms with Crippen molar-refractivity contribution in [3.8, 4) is 11.8 Å². The first kappa shape index (κ1) is 44.8. The van der Waals surface area contributed by atoms with E-state index in [1.807, 2.05) is 72.8 Å². The Labute approximate surface area is 373 Å². The number of nitrogens with one attached hydrogen (secondary N) is 1. The van der Waals surface area contributed by atoms with Gasteiger partial charge in [0, 0.05) is 78.0 Å². The highest BCUT2D eigenvalue weighted by Gasteiger charge is 2.45. The maximum Gasteiger partial charge on any atom is 0.294 e. The molecule has 10 heteroatoms. The highest BCUT2D eigenvalue weighted by atomic mass is 32.2. The van der Waals surface area contributed by atoms with E-state index < -0.39 is 15.5 Å². The molecule has 3 heterocycles. The molecule has 63 heavy (non-hydrogen) atoms. The fourth-order valence-corrected chi connectivity index (χ4v) is 9.50. The molecule has 0 fully saturated rings. The smallest absolute Gasteiger partial charge is 0.294 e. The maximum absolute atomic E-state index is 13.6. The summed E-state index contributed by atoms with van der Waals surface area (Å²) in [5.74, 6) is 6.29. The molecule has 2 amide bonds. The standard InChI is InChI=1S/C53H56N4O5S/c1-6-55-46-26-19-17-24-43(46)52(2,3)48(55)27-11-8-7-9-12-28-49-53(4,5)44-37-42(63(60,61)62)32-33-47(44)56(49)36-20-10-13-29-50(58)54-35-34-51(59)57-38-41-23-15-14-21-39(41)30-31-40-22-16-18-25-45(40)57/h7-9,11-12,14-19,21-28,32-33,37H,6,10,13,20,29,34-36,38H2,1-5H3,(H-,54,58,60,61,62)/p+1. The lowest BCUT2D eigenvalue weighted by atomic mass is 9.81. The van der Waals surface area contributed by atoms with Crippen LogP contribution in [0.3, 0.4) is 0 Å². The van der Waals surface area contributed by atoms with E-state index in [1.54, 1.807) is 17.0 Å². The predicted molar refractivity (Wildman–Crippen MR) is 253 cm³/mol. The number of carbonyl (C=O) groups excluding carboxylic acids is 2. The number of nitrogens with zero attached hydrogens (tertiary/aromatic N) is 3. The third-order valence-corrected chi connectivity index (χ3v) is 13.2. The van der Waals surface area contributed by atoms with E-state index in [0.29, 0.717) is 25.9 Å². The van der Waals surface area contributed by atoms with Crippen LogP contribution < -0.4 is 15.1 Å². The fraction of sp³-hybridized carbons (Fsp3) is 0.302. The number of rotatable bonds is 15. The van der Waals surface area contributed by atoms with Gasteiger partial charge in [-0.2, -0.15) is 13.0 Å². The molecule has 0 bridgehead atoms. The number of hydrogen-bond acceptors (Lipinski definition) is 5. The van der Waals surface area contributed by atoms with Gasteiger partial charge in [0.25, 0.3) is 10.1 Å². The van der Waals surface area contributed by atoms with Crippen molar-refractivity contribution >= 4 is 44.7 Å². The highest BCUT2D eigenvalue weighted by molar-refractivity contribution is 7.85. The summed E-state index contributed by atoms with van der Waals surface area (Å²) >= 11 is 0. The van der Waals surface area contributed by atoms with Crippen LogP contribution in [-0.2, 0) is 37.1 Å². The van der Waals surface area contributed by atoms with Crippen molar-refractivity contribution in [1.82, 2.24) is 5.32 Å². The van der Waals surface area contributed by atoms with E-state index in [1.165, 1.54) is 23.0 Å². The summed E-state index contributed by atoms with van der Waals surface area (Å²) in [6.45, 7) is 13.0. The highest BCUT2D eigenvalue weighted by Crippen LogP contribution is 2.47. The van der Waals surface area contributed by atoms with Gasteiger partial charge in [0.15, 0.2) is 5.71 Å². The van der Waals surface area contributed by atoms with Crippen LogP contribution in [0.1, 0.15) is 94.5 Å². The first-order chi connectivity index (χ1) is 30.2. The van der Waals surface area contributed by atoms with Crippen molar-refractivity contribution < 1.29 is 27.1 Å². The van der Waals surface area contributed by atoms with Gasteiger partial charge in [0.1, 0.15) is 6.54 Å². The number of fused-ring (bicyclic) bond motifs is 4. The molecule has 0 saturated carbocycles. The lowest BCUT2D eigenvalue weighted by molar-refractivity contribution is -0.438. The van der Waals surface area contributed by atoms with E-state index in [2.05, 4.69) is 104 Å². The second kappa shape index (κ2) is 19.0.